The van der Waals surface area contributed by atoms with Gasteiger partial charge in [0.05, 0.1) is 5.92 Å². The summed E-state index contributed by atoms with van der Waals surface area (Å²) in [6.07, 6.45) is 5.19. The van der Waals surface area contributed by atoms with Gasteiger partial charge in [0.2, 0.25) is 0 Å². The zero-order valence-electron chi connectivity index (χ0n) is 8.45. The molecule has 1 aliphatic heterocycles. The van der Waals surface area contributed by atoms with Crippen LogP contribution in [0.5, 0.6) is 0 Å². The van der Waals surface area contributed by atoms with E-state index in [1.807, 2.05) is 13.8 Å². The van der Waals surface area contributed by atoms with Crippen LogP contribution in [0.3, 0.4) is 0 Å². The van der Waals surface area contributed by atoms with Gasteiger partial charge in [0, 0.05) is 5.92 Å². The average molecular weight is 182 g/mol. The summed E-state index contributed by atoms with van der Waals surface area (Å²) in [5, 5.41) is 0. The summed E-state index contributed by atoms with van der Waals surface area (Å²) in [5.41, 5.74) is 0. The lowest BCUT2D eigenvalue weighted by molar-refractivity contribution is -0.143. The van der Waals surface area contributed by atoms with Gasteiger partial charge in [0.1, 0.15) is 6.10 Å². The van der Waals surface area contributed by atoms with Crippen LogP contribution in [0, 0.1) is 17.8 Å². The third-order valence-electron chi connectivity index (χ3n) is 3.63. The van der Waals surface area contributed by atoms with E-state index in [0.717, 1.165) is 18.8 Å². The zero-order chi connectivity index (χ0) is 9.42. The molecule has 4 rings (SSSR count). The summed E-state index contributed by atoms with van der Waals surface area (Å²) in [5.74, 6) is 1.81. The van der Waals surface area contributed by atoms with Crippen molar-refractivity contribution in [2.24, 2.45) is 17.8 Å². The smallest absolute Gasteiger partial charge is 0.309 e. The van der Waals surface area contributed by atoms with Crippen LogP contribution in [0.2, 0.25) is 0 Å². The minimum atomic E-state index is 0.0993. The molecule has 1 heterocycles. The molecule has 0 aromatic heterocycles. The van der Waals surface area contributed by atoms with Crippen molar-refractivity contribution in [1.82, 2.24) is 0 Å². The Morgan fingerprint density at radius 1 is 1.23 bits per heavy atom. The summed E-state index contributed by atoms with van der Waals surface area (Å²) in [6.45, 7) is 4.00. The molecule has 1 saturated heterocycles. The first kappa shape index (κ1) is 9.04. The fourth-order valence-corrected chi connectivity index (χ4v) is 3.09. The number of carbonyl (C=O) groups excluding carboxylic acids is 1. The van der Waals surface area contributed by atoms with Crippen LogP contribution in [0.15, 0.2) is 0 Å². The Labute approximate surface area is 79.7 Å². The first-order valence-electron chi connectivity index (χ1n) is 5.55. The molecule has 0 N–H and O–H groups in total. The first-order valence-corrected chi connectivity index (χ1v) is 5.55. The molecule has 4 bridgehead atoms. The second-order valence-electron chi connectivity index (χ2n) is 4.16. The van der Waals surface area contributed by atoms with Crippen molar-refractivity contribution in [1.29, 1.82) is 0 Å². The lowest BCUT2D eigenvalue weighted by Gasteiger charge is -2.38. The Morgan fingerprint density at radius 3 is 2.54 bits per heavy atom. The van der Waals surface area contributed by atoms with Gasteiger partial charge in [0.25, 0.3) is 0 Å². The van der Waals surface area contributed by atoms with E-state index in [4.69, 9.17) is 4.74 Å². The molecule has 4 atom stereocenters. The van der Waals surface area contributed by atoms with E-state index in [2.05, 4.69) is 0 Å². The number of carbonyl (C=O) groups is 1. The second kappa shape index (κ2) is 3.32. The lowest BCUT2D eigenvalue weighted by Crippen LogP contribution is -2.36. The Morgan fingerprint density at radius 2 is 2.00 bits per heavy atom. The van der Waals surface area contributed by atoms with Gasteiger partial charge >= 0.3 is 5.97 Å². The normalized spacial score (nSPS) is 45.2. The lowest BCUT2D eigenvalue weighted by atomic mass is 9.65. The van der Waals surface area contributed by atoms with Crippen molar-refractivity contribution < 1.29 is 9.53 Å². The number of rotatable bonds is 0. The minimum Gasteiger partial charge on any atom is -0.462 e. The van der Waals surface area contributed by atoms with Gasteiger partial charge in [-0.25, -0.2) is 0 Å². The van der Waals surface area contributed by atoms with E-state index in [1.54, 1.807) is 0 Å². The van der Waals surface area contributed by atoms with E-state index in [9.17, 15) is 4.79 Å². The third-order valence-corrected chi connectivity index (χ3v) is 3.63. The Bertz CT molecular complexity index is 212. The highest BCUT2D eigenvalue weighted by Gasteiger charge is 2.52. The molecule has 2 heteroatoms. The van der Waals surface area contributed by atoms with Crippen LogP contribution in [-0.4, -0.2) is 12.1 Å². The van der Waals surface area contributed by atoms with Gasteiger partial charge in [-0.15, -0.1) is 0 Å². The summed E-state index contributed by atoms with van der Waals surface area (Å²) in [6, 6.07) is 0. The van der Waals surface area contributed by atoms with Crippen molar-refractivity contribution in [2.75, 3.05) is 0 Å². The summed E-state index contributed by atoms with van der Waals surface area (Å²) < 4.78 is 5.28. The van der Waals surface area contributed by atoms with E-state index in [0.29, 0.717) is 17.9 Å². The van der Waals surface area contributed by atoms with E-state index in [-0.39, 0.29) is 5.97 Å². The average Bonchev–Trinajstić information content (AvgIpc) is 2.42. The SMILES string of the molecule is CC.O=C1OC2CC3CCC2C1C3. The van der Waals surface area contributed by atoms with Crippen molar-refractivity contribution in [3.05, 3.63) is 0 Å². The van der Waals surface area contributed by atoms with Crippen LogP contribution in [-0.2, 0) is 9.53 Å². The molecule has 2 nitrogen and oxygen atoms in total. The van der Waals surface area contributed by atoms with Gasteiger partial charge in [-0.05, 0) is 31.6 Å². The van der Waals surface area contributed by atoms with Crippen molar-refractivity contribution >= 4 is 5.97 Å². The second-order valence-corrected chi connectivity index (χ2v) is 4.16. The molecule has 74 valence electrons. The largest absolute Gasteiger partial charge is 0.462 e. The molecule has 4 aliphatic rings. The number of hydrogen-bond donors (Lipinski definition) is 0. The van der Waals surface area contributed by atoms with Crippen molar-refractivity contribution in [2.45, 2.75) is 45.6 Å². The number of esters is 1. The van der Waals surface area contributed by atoms with E-state index < -0.39 is 0 Å². The highest BCUT2D eigenvalue weighted by molar-refractivity contribution is 5.75. The van der Waals surface area contributed by atoms with Crippen LogP contribution < -0.4 is 0 Å². The van der Waals surface area contributed by atoms with Gasteiger partial charge in [-0.1, -0.05) is 13.8 Å². The molecule has 4 fully saturated rings. The molecule has 3 aliphatic carbocycles. The molecular weight excluding hydrogens is 164 g/mol. The Kier molecular flexibility index (Phi) is 2.31. The Balaban J connectivity index is 0.000000308. The quantitative estimate of drug-likeness (QED) is 0.538. The zero-order valence-corrected chi connectivity index (χ0v) is 8.45. The van der Waals surface area contributed by atoms with Gasteiger partial charge in [-0.3, -0.25) is 4.79 Å². The Hall–Kier alpha value is -0.530. The highest BCUT2D eigenvalue weighted by atomic mass is 16.6. The molecule has 0 radical (unpaired) electrons. The standard InChI is InChI=1S/C9H12O2.C2H6/c10-9-7-3-5-1-2-6(7)8(4-5)11-9;1-2/h5-8H,1-4H2;1-2H3. The molecule has 3 saturated carbocycles. The number of hydrogen-bond acceptors (Lipinski definition) is 2. The van der Waals surface area contributed by atoms with Crippen molar-refractivity contribution in [3.8, 4) is 0 Å². The molecule has 4 unspecified atom stereocenters. The van der Waals surface area contributed by atoms with Crippen LogP contribution in [0.4, 0.5) is 0 Å². The summed E-state index contributed by atoms with van der Waals surface area (Å²) >= 11 is 0. The molecule has 0 aromatic carbocycles. The van der Waals surface area contributed by atoms with Gasteiger partial charge in [0.15, 0.2) is 0 Å². The molecule has 13 heavy (non-hydrogen) atoms. The number of ether oxygens (including phenoxy) is 1. The third kappa shape index (κ3) is 1.27. The fraction of sp³-hybridized carbons (Fsp3) is 0.909. The van der Waals surface area contributed by atoms with Gasteiger partial charge in [-0.2, -0.15) is 0 Å². The molecule has 0 spiro atoms. The number of fused-ring (bicyclic) bond motifs is 1. The maximum absolute atomic E-state index is 11.2. The minimum absolute atomic E-state index is 0.0993. The van der Waals surface area contributed by atoms with Gasteiger partial charge < -0.3 is 4.74 Å². The predicted molar refractivity (Wildman–Crippen MR) is 50.2 cm³/mol. The maximum atomic E-state index is 11.2. The summed E-state index contributed by atoms with van der Waals surface area (Å²) in [7, 11) is 0. The van der Waals surface area contributed by atoms with E-state index >= 15 is 0 Å². The van der Waals surface area contributed by atoms with E-state index in [1.165, 1.54) is 12.8 Å². The summed E-state index contributed by atoms with van der Waals surface area (Å²) in [4.78, 5) is 11.2. The van der Waals surface area contributed by atoms with Crippen molar-refractivity contribution in [3.63, 3.8) is 0 Å². The topological polar surface area (TPSA) is 26.3 Å². The highest BCUT2D eigenvalue weighted by Crippen LogP contribution is 2.50. The maximum Gasteiger partial charge on any atom is 0.309 e. The van der Waals surface area contributed by atoms with Crippen LogP contribution in [0.1, 0.15) is 39.5 Å². The molecule has 0 amide bonds. The molecular formula is C11H18O2. The predicted octanol–water partition coefficient (Wildman–Crippen LogP) is 2.37. The molecule has 0 aromatic rings. The fourth-order valence-electron chi connectivity index (χ4n) is 3.09. The van der Waals surface area contributed by atoms with Crippen LogP contribution >= 0.6 is 0 Å². The first-order chi connectivity index (χ1) is 6.34. The monoisotopic (exact) mass is 182 g/mol. The van der Waals surface area contributed by atoms with Crippen LogP contribution in [0.25, 0.3) is 0 Å².